The zero-order chi connectivity index (χ0) is 10.7. The Morgan fingerprint density at radius 1 is 1.57 bits per heavy atom. The summed E-state index contributed by atoms with van der Waals surface area (Å²) in [6.07, 6.45) is -2.70. The first-order chi connectivity index (χ1) is 6.56. The van der Waals surface area contributed by atoms with Crippen molar-refractivity contribution in [2.24, 2.45) is 5.73 Å². The van der Waals surface area contributed by atoms with Crippen molar-refractivity contribution >= 4 is 5.91 Å². The number of carbonyl (C=O) groups is 1. The van der Waals surface area contributed by atoms with Gasteiger partial charge in [-0.1, -0.05) is 0 Å². The number of carbonyl (C=O) groups excluding carboxylic acids is 1. The van der Waals surface area contributed by atoms with Crippen molar-refractivity contribution in [3.63, 3.8) is 0 Å². The molecule has 6 heteroatoms. The van der Waals surface area contributed by atoms with E-state index in [1.165, 1.54) is 7.11 Å². The Kier molecular flexibility index (Phi) is 2.95. The van der Waals surface area contributed by atoms with Gasteiger partial charge in [0.25, 0.3) is 12.3 Å². The number of methoxy groups -OCH3 is 1. The first-order valence-electron chi connectivity index (χ1n) is 3.69. The number of amides is 1. The minimum atomic E-state index is -2.70. The van der Waals surface area contributed by atoms with Crippen molar-refractivity contribution in [1.29, 1.82) is 0 Å². The van der Waals surface area contributed by atoms with Gasteiger partial charge in [-0.05, 0) is 12.1 Å². The number of ether oxygens (including phenoxy) is 1. The predicted octanol–water partition coefficient (Wildman–Crippen LogP) is 1.13. The van der Waals surface area contributed by atoms with Crippen LogP contribution < -0.4 is 10.5 Å². The zero-order valence-electron chi connectivity index (χ0n) is 7.33. The molecule has 1 aromatic rings. The monoisotopic (exact) mass is 202 g/mol. The molecule has 0 bridgehead atoms. The van der Waals surface area contributed by atoms with Crippen molar-refractivity contribution in [3.05, 3.63) is 23.4 Å². The van der Waals surface area contributed by atoms with Gasteiger partial charge in [-0.15, -0.1) is 0 Å². The number of nitrogens with zero attached hydrogens (tertiary/aromatic N) is 1. The van der Waals surface area contributed by atoms with Crippen LogP contribution in [0.2, 0.25) is 0 Å². The number of pyridine rings is 1. The van der Waals surface area contributed by atoms with Crippen molar-refractivity contribution in [2.75, 3.05) is 7.11 Å². The number of rotatable bonds is 3. The van der Waals surface area contributed by atoms with Crippen LogP contribution in [0.4, 0.5) is 8.78 Å². The second kappa shape index (κ2) is 3.99. The smallest absolute Gasteiger partial charge is 0.280 e. The van der Waals surface area contributed by atoms with Crippen LogP contribution in [0.1, 0.15) is 22.5 Å². The maximum absolute atomic E-state index is 12.2. The van der Waals surface area contributed by atoms with E-state index in [9.17, 15) is 13.6 Å². The van der Waals surface area contributed by atoms with Gasteiger partial charge in [0, 0.05) is 0 Å². The first kappa shape index (κ1) is 10.4. The van der Waals surface area contributed by atoms with Gasteiger partial charge in [-0.25, -0.2) is 13.8 Å². The summed E-state index contributed by atoms with van der Waals surface area (Å²) in [4.78, 5) is 14.2. The molecule has 1 aromatic heterocycles. The summed E-state index contributed by atoms with van der Waals surface area (Å²) in [6.45, 7) is 0. The number of hydrogen-bond acceptors (Lipinski definition) is 3. The molecule has 4 nitrogen and oxygen atoms in total. The Morgan fingerprint density at radius 3 is 2.64 bits per heavy atom. The molecule has 14 heavy (non-hydrogen) atoms. The topological polar surface area (TPSA) is 65.2 Å². The van der Waals surface area contributed by atoms with Crippen molar-refractivity contribution in [3.8, 4) is 5.88 Å². The van der Waals surface area contributed by atoms with Crippen LogP contribution in [0.3, 0.4) is 0 Å². The summed E-state index contributed by atoms with van der Waals surface area (Å²) in [6, 6.07) is 2.20. The van der Waals surface area contributed by atoms with E-state index in [4.69, 9.17) is 5.73 Å². The van der Waals surface area contributed by atoms with Gasteiger partial charge in [-0.3, -0.25) is 4.79 Å². The van der Waals surface area contributed by atoms with Gasteiger partial charge in [0.05, 0.1) is 7.11 Å². The maximum atomic E-state index is 12.2. The van der Waals surface area contributed by atoms with E-state index in [1.54, 1.807) is 0 Å². The van der Waals surface area contributed by atoms with Crippen molar-refractivity contribution in [1.82, 2.24) is 4.98 Å². The lowest BCUT2D eigenvalue weighted by atomic mass is 10.2. The fourth-order valence-corrected chi connectivity index (χ4v) is 0.919. The highest BCUT2D eigenvalue weighted by molar-refractivity contribution is 5.95. The Balaban J connectivity index is 3.18. The highest BCUT2D eigenvalue weighted by Gasteiger charge is 2.15. The highest BCUT2D eigenvalue weighted by atomic mass is 19.3. The van der Waals surface area contributed by atoms with Gasteiger partial charge < -0.3 is 10.5 Å². The summed E-state index contributed by atoms with van der Waals surface area (Å²) in [5.74, 6) is -0.953. The maximum Gasteiger partial charge on any atom is 0.280 e. The van der Waals surface area contributed by atoms with E-state index in [1.807, 2.05) is 0 Å². The van der Waals surface area contributed by atoms with Gasteiger partial charge in [0.15, 0.2) is 0 Å². The summed E-state index contributed by atoms with van der Waals surface area (Å²) < 4.78 is 29.0. The van der Waals surface area contributed by atoms with Crippen LogP contribution in [0, 0.1) is 0 Å². The van der Waals surface area contributed by atoms with Crippen LogP contribution in [-0.2, 0) is 0 Å². The minimum Gasteiger partial charge on any atom is -0.480 e. The summed E-state index contributed by atoms with van der Waals surface area (Å²) >= 11 is 0. The average Bonchev–Trinajstić information content (AvgIpc) is 2.16. The van der Waals surface area contributed by atoms with Crippen LogP contribution in [0.15, 0.2) is 12.1 Å². The summed E-state index contributed by atoms with van der Waals surface area (Å²) in [5.41, 5.74) is 4.50. The normalized spacial score (nSPS) is 10.3. The van der Waals surface area contributed by atoms with Gasteiger partial charge in [0.2, 0.25) is 5.88 Å². The van der Waals surface area contributed by atoms with Crippen LogP contribution >= 0.6 is 0 Å². The Labute approximate surface area is 78.7 Å². The number of nitrogens with two attached hydrogens (primary N) is 1. The molecule has 76 valence electrons. The molecule has 0 spiro atoms. The molecule has 0 radical (unpaired) electrons. The third-order valence-electron chi connectivity index (χ3n) is 1.56. The van der Waals surface area contributed by atoms with E-state index in [0.717, 1.165) is 12.1 Å². The highest BCUT2D eigenvalue weighted by Crippen LogP contribution is 2.21. The Hall–Kier alpha value is -1.72. The molecule has 0 unspecified atom stereocenters. The van der Waals surface area contributed by atoms with Crippen LogP contribution in [0.25, 0.3) is 0 Å². The third kappa shape index (κ3) is 1.95. The predicted molar refractivity (Wildman–Crippen MR) is 44.3 cm³/mol. The number of hydrogen-bond donors (Lipinski definition) is 1. The Bertz CT molecular complexity index is 355. The van der Waals surface area contributed by atoms with Gasteiger partial charge in [0.1, 0.15) is 11.3 Å². The number of aromatic nitrogens is 1. The zero-order valence-corrected chi connectivity index (χ0v) is 7.33. The lowest BCUT2D eigenvalue weighted by Crippen LogP contribution is -2.13. The van der Waals surface area contributed by atoms with Crippen molar-refractivity contribution < 1.29 is 18.3 Å². The molecule has 0 aliphatic carbocycles. The fraction of sp³-hybridized carbons (Fsp3) is 0.250. The molecular formula is C8H8F2N2O2. The first-order valence-corrected chi connectivity index (χ1v) is 3.69. The third-order valence-corrected chi connectivity index (χ3v) is 1.56. The second-order valence-electron chi connectivity index (χ2n) is 2.46. The summed E-state index contributed by atoms with van der Waals surface area (Å²) in [5, 5.41) is 0. The SMILES string of the molecule is COc1nc(C(F)F)ccc1C(N)=O. The quantitative estimate of drug-likeness (QED) is 0.798. The molecule has 0 aliphatic rings. The molecule has 0 aromatic carbocycles. The minimum absolute atomic E-state index is 0.0168. The van der Waals surface area contributed by atoms with Crippen molar-refractivity contribution in [2.45, 2.75) is 6.43 Å². The number of halogens is 2. The Morgan fingerprint density at radius 2 is 2.21 bits per heavy atom. The molecule has 1 rings (SSSR count). The lowest BCUT2D eigenvalue weighted by molar-refractivity contribution is 0.0995. The van der Waals surface area contributed by atoms with E-state index in [0.29, 0.717) is 0 Å². The lowest BCUT2D eigenvalue weighted by Gasteiger charge is -2.06. The molecule has 2 N–H and O–H groups in total. The molecule has 1 amide bonds. The molecule has 0 aliphatic heterocycles. The van der Waals surface area contributed by atoms with Crippen LogP contribution in [-0.4, -0.2) is 18.0 Å². The van der Waals surface area contributed by atoms with Gasteiger partial charge in [-0.2, -0.15) is 0 Å². The molecule has 0 atom stereocenters. The fourth-order valence-electron chi connectivity index (χ4n) is 0.919. The summed E-state index contributed by atoms with van der Waals surface area (Å²) in [7, 11) is 1.23. The molecule has 0 saturated heterocycles. The van der Waals surface area contributed by atoms with E-state index < -0.39 is 18.0 Å². The van der Waals surface area contributed by atoms with E-state index in [-0.39, 0.29) is 11.4 Å². The largest absolute Gasteiger partial charge is 0.480 e. The molecule has 0 fully saturated rings. The van der Waals surface area contributed by atoms with E-state index in [2.05, 4.69) is 9.72 Å². The molecular weight excluding hydrogens is 194 g/mol. The number of primary amides is 1. The standard InChI is InChI=1S/C8H8F2N2O2/c1-14-8-4(7(11)13)2-3-5(12-8)6(9)10/h2-3,6H,1H3,(H2,11,13). The molecule has 1 heterocycles. The van der Waals surface area contributed by atoms with Gasteiger partial charge >= 0.3 is 0 Å². The van der Waals surface area contributed by atoms with E-state index >= 15 is 0 Å². The number of alkyl halides is 2. The average molecular weight is 202 g/mol. The van der Waals surface area contributed by atoms with Crippen LogP contribution in [0.5, 0.6) is 5.88 Å². The molecule has 0 saturated carbocycles. The second-order valence-corrected chi connectivity index (χ2v) is 2.46.